The lowest BCUT2D eigenvalue weighted by Gasteiger charge is -2.33. The van der Waals surface area contributed by atoms with Gasteiger partial charge in [0.1, 0.15) is 0 Å². The minimum atomic E-state index is -0.310. The fourth-order valence-electron chi connectivity index (χ4n) is 2.36. The summed E-state index contributed by atoms with van der Waals surface area (Å²) in [5.74, 6) is -0.621. The molecule has 0 rings (SSSR count). The Labute approximate surface area is 91.4 Å². The molecular weight excluding hydrogens is 192 g/mol. The second kappa shape index (κ2) is 4.64. The lowest BCUT2D eigenvalue weighted by atomic mass is 9.71. The standard InChI is InChI=1S/C11H22N2O2/c1-10(2,5-8(12)14)7-11(3,4)6-9(13)15/h5-7H2,1-4H3,(H2,12,14)(H2,13,15). The van der Waals surface area contributed by atoms with Crippen LogP contribution in [-0.4, -0.2) is 11.8 Å². The number of rotatable bonds is 6. The zero-order valence-corrected chi connectivity index (χ0v) is 10.1. The number of carbonyl (C=O) groups excluding carboxylic acids is 2. The van der Waals surface area contributed by atoms with Gasteiger partial charge in [0.05, 0.1) is 0 Å². The third kappa shape index (κ3) is 6.94. The van der Waals surface area contributed by atoms with Crippen LogP contribution in [0.25, 0.3) is 0 Å². The van der Waals surface area contributed by atoms with Gasteiger partial charge >= 0.3 is 0 Å². The van der Waals surface area contributed by atoms with Crippen molar-refractivity contribution in [2.45, 2.75) is 47.0 Å². The second-order valence-electron chi connectivity index (χ2n) is 5.79. The van der Waals surface area contributed by atoms with E-state index in [1.807, 2.05) is 27.7 Å². The molecule has 0 aliphatic heterocycles. The van der Waals surface area contributed by atoms with E-state index in [0.717, 1.165) is 6.42 Å². The van der Waals surface area contributed by atoms with Crippen molar-refractivity contribution in [2.75, 3.05) is 0 Å². The van der Waals surface area contributed by atoms with Crippen LogP contribution >= 0.6 is 0 Å². The highest BCUT2D eigenvalue weighted by atomic mass is 16.1. The minimum absolute atomic E-state index is 0.190. The maximum Gasteiger partial charge on any atom is 0.217 e. The maximum absolute atomic E-state index is 10.9. The quantitative estimate of drug-likeness (QED) is 0.695. The normalized spacial score (nSPS) is 12.5. The van der Waals surface area contributed by atoms with E-state index in [9.17, 15) is 9.59 Å². The molecule has 0 bridgehead atoms. The average Bonchev–Trinajstić information content (AvgIpc) is 1.73. The van der Waals surface area contributed by atoms with Gasteiger partial charge in [-0.05, 0) is 17.3 Å². The smallest absolute Gasteiger partial charge is 0.217 e. The van der Waals surface area contributed by atoms with Crippen LogP contribution in [0.5, 0.6) is 0 Å². The molecule has 4 nitrogen and oxygen atoms in total. The SMILES string of the molecule is CC(C)(CC(N)=O)CC(C)(C)CC(N)=O. The summed E-state index contributed by atoms with van der Waals surface area (Å²) in [6.07, 6.45) is 1.40. The summed E-state index contributed by atoms with van der Waals surface area (Å²) in [6, 6.07) is 0. The highest BCUT2D eigenvalue weighted by Gasteiger charge is 2.31. The molecule has 0 aliphatic carbocycles. The van der Waals surface area contributed by atoms with Gasteiger partial charge in [-0.1, -0.05) is 27.7 Å². The van der Waals surface area contributed by atoms with Crippen molar-refractivity contribution in [1.82, 2.24) is 0 Å². The van der Waals surface area contributed by atoms with Gasteiger partial charge in [-0.15, -0.1) is 0 Å². The van der Waals surface area contributed by atoms with E-state index in [0.29, 0.717) is 12.8 Å². The molecule has 2 amide bonds. The largest absolute Gasteiger partial charge is 0.370 e. The zero-order chi connectivity index (χ0) is 12.3. The molecule has 15 heavy (non-hydrogen) atoms. The second-order valence-corrected chi connectivity index (χ2v) is 5.79. The molecule has 0 fully saturated rings. The Morgan fingerprint density at radius 2 is 1.13 bits per heavy atom. The van der Waals surface area contributed by atoms with E-state index in [1.165, 1.54) is 0 Å². The molecule has 4 N–H and O–H groups in total. The van der Waals surface area contributed by atoms with Gasteiger partial charge in [-0.3, -0.25) is 9.59 Å². The van der Waals surface area contributed by atoms with Gasteiger partial charge in [0, 0.05) is 12.8 Å². The highest BCUT2D eigenvalue weighted by molar-refractivity contribution is 5.75. The summed E-state index contributed by atoms with van der Waals surface area (Å²) in [5.41, 5.74) is 9.96. The summed E-state index contributed by atoms with van der Waals surface area (Å²) in [5, 5.41) is 0. The molecule has 4 heteroatoms. The van der Waals surface area contributed by atoms with E-state index >= 15 is 0 Å². The van der Waals surface area contributed by atoms with Crippen LogP contribution in [0.3, 0.4) is 0 Å². The summed E-state index contributed by atoms with van der Waals surface area (Å²) in [6.45, 7) is 7.89. The van der Waals surface area contributed by atoms with Crippen LogP contribution in [0.2, 0.25) is 0 Å². The van der Waals surface area contributed by atoms with Crippen LogP contribution < -0.4 is 11.5 Å². The Kier molecular flexibility index (Phi) is 4.31. The molecule has 0 radical (unpaired) electrons. The topological polar surface area (TPSA) is 86.2 Å². The predicted octanol–water partition coefficient (Wildman–Crippen LogP) is 1.18. The van der Waals surface area contributed by atoms with Gasteiger partial charge in [-0.2, -0.15) is 0 Å². The monoisotopic (exact) mass is 214 g/mol. The third-order valence-electron chi connectivity index (χ3n) is 2.26. The summed E-state index contributed by atoms with van der Waals surface area (Å²) in [4.78, 5) is 21.7. The summed E-state index contributed by atoms with van der Waals surface area (Å²) >= 11 is 0. The summed E-state index contributed by atoms with van der Waals surface area (Å²) < 4.78 is 0. The van der Waals surface area contributed by atoms with E-state index in [2.05, 4.69) is 0 Å². The Morgan fingerprint density at radius 1 is 0.867 bits per heavy atom. The number of amides is 2. The van der Waals surface area contributed by atoms with Crippen molar-refractivity contribution >= 4 is 11.8 Å². The third-order valence-corrected chi connectivity index (χ3v) is 2.26. The fourth-order valence-corrected chi connectivity index (χ4v) is 2.36. The van der Waals surface area contributed by atoms with Crippen LogP contribution in [0.1, 0.15) is 47.0 Å². The van der Waals surface area contributed by atoms with Gasteiger partial charge in [0.15, 0.2) is 0 Å². The molecule has 0 aromatic carbocycles. The Hall–Kier alpha value is -1.06. The minimum Gasteiger partial charge on any atom is -0.370 e. The molecule has 0 spiro atoms. The van der Waals surface area contributed by atoms with E-state index < -0.39 is 0 Å². The Morgan fingerprint density at radius 3 is 1.33 bits per heavy atom. The van der Waals surface area contributed by atoms with Crippen LogP contribution in [0, 0.1) is 10.8 Å². The van der Waals surface area contributed by atoms with Gasteiger partial charge < -0.3 is 11.5 Å². The van der Waals surface area contributed by atoms with Crippen LogP contribution in [-0.2, 0) is 9.59 Å². The first-order valence-electron chi connectivity index (χ1n) is 5.11. The predicted molar refractivity (Wildman–Crippen MR) is 59.8 cm³/mol. The molecule has 0 atom stereocenters. The molecule has 0 aromatic heterocycles. The molecule has 0 saturated carbocycles. The number of carbonyl (C=O) groups is 2. The van der Waals surface area contributed by atoms with Crippen molar-refractivity contribution in [3.63, 3.8) is 0 Å². The fraction of sp³-hybridized carbons (Fsp3) is 0.818. The maximum atomic E-state index is 10.9. The van der Waals surface area contributed by atoms with Gasteiger partial charge in [-0.25, -0.2) is 0 Å². The van der Waals surface area contributed by atoms with Gasteiger partial charge in [0.25, 0.3) is 0 Å². The van der Waals surface area contributed by atoms with Crippen molar-refractivity contribution in [3.8, 4) is 0 Å². The Bertz CT molecular complexity index is 231. The van der Waals surface area contributed by atoms with Crippen molar-refractivity contribution < 1.29 is 9.59 Å². The lowest BCUT2D eigenvalue weighted by molar-refractivity contribution is -0.120. The molecular formula is C11H22N2O2. The lowest BCUT2D eigenvalue weighted by Crippen LogP contribution is -2.31. The van der Waals surface area contributed by atoms with E-state index in [-0.39, 0.29) is 22.6 Å². The van der Waals surface area contributed by atoms with Crippen LogP contribution in [0.4, 0.5) is 0 Å². The number of hydrogen-bond donors (Lipinski definition) is 2. The Balaban J connectivity index is 4.42. The number of hydrogen-bond acceptors (Lipinski definition) is 2. The van der Waals surface area contributed by atoms with E-state index in [1.54, 1.807) is 0 Å². The molecule has 0 aromatic rings. The molecule has 0 heterocycles. The van der Waals surface area contributed by atoms with Crippen molar-refractivity contribution in [3.05, 3.63) is 0 Å². The molecule has 0 aliphatic rings. The summed E-state index contributed by atoms with van der Waals surface area (Å²) in [7, 11) is 0. The highest BCUT2D eigenvalue weighted by Crippen LogP contribution is 2.37. The number of nitrogens with two attached hydrogens (primary N) is 2. The zero-order valence-electron chi connectivity index (χ0n) is 10.1. The van der Waals surface area contributed by atoms with Gasteiger partial charge in [0.2, 0.25) is 11.8 Å². The first-order chi connectivity index (χ1) is 6.54. The first-order valence-corrected chi connectivity index (χ1v) is 5.11. The molecule has 88 valence electrons. The van der Waals surface area contributed by atoms with Crippen LogP contribution in [0.15, 0.2) is 0 Å². The molecule has 0 unspecified atom stereocenters. The van der Waals surface area contributed by atoms with Crippen molar-refractivity contribution in [1.29, 1.82) is 0 Å². The molecule has 0 saturated heterocycles. The average molecular weight is 214 g/mol. The van der Waals surface area contributed by atoms with E-state index in [4.69, 9.17) is 11.5 Å². The van der Waals surface area contributed by atoms with Crippen molar-refractivity contribution in [2.24, 2.45) is 22.3 Å². The first kappa shape index (κ1) is 13.9. The number of primary amides is 2.